The molecule has 0 amide bonds. The van der Waals surface area contributed by atoms with Crippen LogP contribution in [0.25, 0.3) is 32.0 Å². The number of rotatable bonds is 2. The Morgan fingerprint density at radius 2 is 1.23 bits per heavy atom. The van der Waals surface area contributed by atoms with E-state index in [1.165, 1.54) is 88.5 Å². The van der Waals surface area contributed by atoms with Crippen molar-refractivity contribution < 1.29 is 4.42 Å². The first-order valence-electron chi connectivity index (χ1n) is 21.9. The van der Waals surface area contributed by atoms with Crippen LogP contribution in [0.1, 0.15) is 110 Å². The third-order valence-corrected chi connectivity index (χ3v) is 15.5. The predicted octanol–water partition coefficient (Wildman–Crippen LogP) is 14.1. The van der Waals surface area contributed by atoms with Crippen molar-refractivity contribution in [1.29, 1.82) is 0 Å². The minimum atomic E-state index is 0.0194. The van der Waals surface area contributed by atoms with Crippen LogP contribution in [0.15, 0.2) is 114 Å². The molecule has 300 valence electrons. The van der Waals surface area contributed by atoms with Gasteiger partial charge in [0.1, 0.15) is 5.58 Å². The molecule has 4 heterocycles. The van der Waals surface area contributed by atoms with E-state index < -0.39 is 0 Å². The largest absolute Gasteiger partial charge is 0.454 e. The molecule has 11 rings (SSSR count). The molecule has 3 nitrogen and oxygen atoms in total. The second-order valence-electron chi connectivity index (χ2n) is 21.4. The van der Waals surface area contributed by atoms with Gasteiger partial charge in [-0.05, 0) is 135 Å². The zero-order valence-electron chi connectivity index (χ0n) is 37.1. The Kier molecular flexibility index (Phi) is 7.81. The number of benzene rings is 6. The van der Waals surface area contributed by atoms with E-state index in [9.17, 15) is 0 Å². The summed E-state index contributed by atoms with van der Waals surface area (Å²) >= 11 is 1.99. The van der Waals surface area contributed by atoms with E-state index in [1.807, 2.05) is 11.3 Å². The molecule has 5 heteroatoms. The Morgan fingerprint density at radius 1 is 0.600 bits per heavy atom. The third kappa shape index (κ3) is 5.40. The molecule has 3 aliphatic rings. The van der Waals surface area contributed by atoms with Crippen molar-refractivity contribution >= 4 is 99.9 Å². The summed E-state index contributed by atoms with van der Waals surface area (Å²) in [4.78, 5) is 5.20. The molecule has 2 aromatic heterocycles. The maximum atomic E-state index is 6.89. The highest BCUT2D eigenvalue weighted by molar-refractivity contribution is 7.33. The second-order valence-corrected chi connectivity index (χ2v) is 22.5. The van der Waals surface area contributed by atoms with Crippen molar-refractivity contribution in [2.45, 2.75) is 111 Å². The van der Waals surface area contributed by atoms with Gasteiger partial charge in [-0.15, -0.1) is 11.3 Å². The smallest absolute Gasteiger partial charge is 0.264 e. The fourth-order valence-electron chi connectivity index (χ4n) is 10.7. The first-order chi connectivity index (χ1) is 28.4. The number of aryl methyl sites for hydroxylation is 1. The Hall–Kier alpha value is -5.26. The first-order valence-corrected chi connectivity index (χ1v) is 22.7. The maximum Gasteiger partial charge on any atom is 0.264 e. The van der Waals surface area contributed by atoms with Crippen molar-refractivity contribution in [2.24, 2.45) is 0 Å². The summed E-state index contributed by atoms with van der Waals surface area (Å²) in [7, 11) is 0. The number of para-hydroxylation sites is 2. The number of thiophene rings is 1. The van der Waals surface area contributed by atoms with Gasteiger partial charge in [0.25, 0.3) is 6.71 Å². The molecule has 1 aliphatic carbocycles. The lowest BCUT2D eigenvalue weighted by atomic mass is 9.35. The topological polar surface area (TPSA) is 19.6 Å². The molecule has 60 heavy (non-hydrogen) atoms. The Morgan fingerprint density at radius 3 is 1.93 bits per heavy atom. The van der Waals surface area contributed by atoms with Crippen LogP contribution >= 0.6 is 11.3 Å². The van der Waals surface area contributed by atoms with Gasteiger partial charge in [-0.3, -0.25) is 0 Å². The summed E-state index contributed by atoms with van der Waals surface area (Å²) in [5.41, 5.74) is 19.1. The van der Waals surface area contributed by atoms with E-state index in [-0.39, 0.29) is 28.4 Å². The molecule has 0 bridgehead atoms. The van der Waals surface area contributed by atoms with Crippen LogP contribution in [0.4, 0.5) is 34.1 Å². The quantitative estimate of drug-likeness (QED) is 0.162. The molecule has 2 aliphatic heterocycles. The van der Waals surface area contributed by atoms with Crippen LogP contribution in [0.3, 0.4) is 0 Å². The first kappa shape index (κ1) is 37.7. The standard InChI is InChI=1S/C55H55BN2OS/c1-32-27-44-48-45(28-32)58(42-17-14-16-37-36-15-12-13-18-46(36)59-50(37)42)43-31-40-39(54(8,9)25-26-55(40,10)11)30-41(43)56(48)51-49(38-29-34(53(5,6)7)21-24-47(38)60-51)57(44)35-22-19-33(20-23-35)52(2,3)4/h12-24,27-31H,25-26H2,1-11H3. The van der Waals surface area contributed by atoms with Crippen LogP contribution in [-0.4, -0.2) is 6.71 Å². The highest BCUT2D eigenvalue weighted by atomic mass is 32.1. The van der Waals surface area contributed by atoms with Crippen LogP contribution in [0, 0.1) is 6.92 Å². The molecule has 0 atom stereocenters. The number of fused-ring (bicyclic) bond motifs is 10. The van der Waals surface area contributed by atoms with Gasteiger partial charge in [-0.25, -0.2) is 0 Å². The van der Waals surface area contributed by atoms with Gasteiger partial charge in [0.05, 0.1) is 11.4 Å². The lowest BCUT2D eigenvalue weighted by molar-refractivity contribution is 0.332. The average molecular weight is 803 g/mol. The molecule has 0 fully saturated rings. The zero-order chi connectivity index (χ0) is 41.8. The van der Waals surface area contributed by atoms with E-state index in [1.54, 1.807) is 0 Å². The molecule has 0 unspecified atom stereocenters. The maximum absolute atomic E-state index is 6.89. The summed E-state index contributed by atoms with van der Waals surface area (Å²) in [5.74, 6) is 0. The van der Waals surface area contributed by atoms with Crippen molar-refractivity contribution in [3.05, 3.63) is 137 Å². The fourth-order valence-corrected chi connectivity index (χ4v) is 12.0. The number of nitrogens with zero attached hydrogens (tertiary/aromatic N) is 2. The van der Waals surface area contributed by atoms with Crippen LogP contribution in [0.5, 0.6) is 0 Å². The highest BCUT2D eigenvalue weighted by Crippen LogP contribution is 2.53. The Bertz CT molecular complexity index is 3090. The SMILES string of the molecule is Cc1cc2c3c(c1)N(c1cccc4c1oc1ccccc14)c1cc4c(cc1B3c1sc3ccc(C(C)(C)C)cc3c1N2c1ccc(C(C)(C)C)cc1)C(C)(C)CCC4(C)C. The monoisotopic (exact) mass is 802 g/mol. The predicted molar refractivity (Wildman–Crippen MR) is 261 cm³/mol. The molecule has 0 N–H and O–H groups in total. The molecular weight excluding hydrogens is 747 g/mol. The Balaban J connectivity index is 1.28. The van der Waals surface area contributed by atoms with Gasteiger partial charge in [0.15, 0.2) is 5.58 Å². The minimum Gasteiger partial charge on any atom is -0.454 e. The average Bonchev–Trinajstić information content (AvgIpc) is 3.77. The van der Waals surface area contributed by atoms with Crippen LogP contribution in [-0.2, 0) is 21.7 Å². The van der Waals surface area contributed by atoms with Crippen molar-refractivity contribution in [3.8, 4) is 0 Å². The van der Waals surface area contributed by atoms with Gasteiger partial charge < -0.3 is 14.2 Å². The lowest BCUT2D eigenvalue weighted by Gasteiger charge is -2.47. The summed E-state index contributed by atoms with van der Waals surface area (Å²) in [6.45, 7) is 26.1. The van der Waals surface area contributed by atoms with E-state index in [4.69, 9.17) is 4.42 Å². The molecule has 6 aromatic carbocycles. The van der Waals surface area contributed by atoms with E-state index in [2.05, 4.69) is 195 Å². The van der Waals surface area contributed by atoms with E-state index >= 15 is 0 Å². The minimum absolute atomic E-state index is 0.0194. The number of furan rings is 1. The van der Waals surface area contributed by atoms with Gasteiger partial charge in [-0.2, -0.15) is 0 Å². The van der Waals surface area contributed by atoms with Gasteiger partial charge in [0, 0.05) is 48.4 Å². The van der Waals surface area contributed by atoms with Crippen LogP contribution in [0.2, 0.25) is 0 Å². The van der Waals surface area contributed by atoms with Crippen molar-refractivity contribution in [2.75, 3.05) is 9.80 Å². The lowest BCUT2D eigenvalue weighted by Crippen LogP contribution is -2.61. The van der Waals surface area contributed by atoms with E-state index in [0.717, 1.165) is 34.0 Å². The van der Waals surface area contributed by atoms with Gasteiger partial charge in [0.2, 0.25) is 0 Å². The van der Waals surface area contributed by atoms with E-state index in [0.29, 0.717) is 0 Å². The normalized spacial score (nSPS) is 16.6. The molecule has 0 saturated carbocycles. The zero-order valence-corrected chi connectivity index (χ0v) is 37.9. The second kappa shape index (κ2) is 12.4. The van der Waals surface area contributed by atoms with Crippen LogP contribution < -0.4 is 25.5 Å². The van der Waals surface area contributed by atoms with Gasteiger partial charge >= 0.3 is 0 Å². The summed E-state index contributed by atoms with van der Waals surface area (Å²) in [6, 6.07) is 42.0. The Labute approximate surface area is 360 Å². The number of hydrogen-bond donors (Lipinski definition) is 0. The van der Waals surface area contributed by atoms with Crippen molar-refractivity contribution in [3.63, 3.8) is 0 Å². The summed E-state index contributed by atoms with van der Waals surface area (Å²) < 4.78 is 9.65. The summed E-state index contributed by atoms with van der Waals surface area (Å²) in [6.07, 6.45) is 2.33. The molecule has 0 spiro atoms. The highest BCUT2D eigenvalue weighted by Gasteiger charge is 2.48. The molecule has 8 aromatic rings. The third-order valence-electron chi connectivity index (χ3n) is 14.3. The molecular formula is C55H55BN2OS. The van der Waals surface area contributed by atoms with Gasteiger partial charge in [-0.1, -0.05) is 124 Å². The number of anilines is 6. The fraction of sp³-hybridized carbons (Fsp3) is 0.309. The molecule has 0 radical (unpaired) electrons. The number of hydrogen-bond acceptors (Lipinski definition) is 4. The molecule has 0 saturated heterocycles. The summed E-state index contributed by atoms with van der Waals surface area (Å²) in [5, 5.41) is 3.64. The van der Waals surface area contributed by atoms with Crippen molar-refractivity contribution in [1.82, 2.24) is 0 Å².